The summed E-state index contributed by atoms with van der Waals surface area (Å²) < 4.78 is 5.16. The van der Waals surface area contributed by atoms with Crippen LogP contribution in [0.2, 0.25) is 0 Å². The molecular formula is C19H21N5O. The number of nitrogens with one attached hydrogen (secondary N) is 2. The molecular weight excluding hydrogens is 314 g/mol. The molecule has 0 spiro atoms. The van der Waals surface area contributed by atoms with E-state index in [0.29, 0.717) is 11.8 Å². The third-order valence-corrected chi connectivity index (χ3v) is 3.84. The van der Waals surface area contributed by atoms with Crippen LogP contribution in [0.1, 0.15) is 16.7 Å². The summed E-state index contributed by atoms with van der Waals surface area (Å²) in [7, 11) is 1.64. The van der Waals surface area contributed by atoms with E-state index in [1.54, 1.807) is 13.3 Å². The fourth-order valence-corrected chi connectivity index (χ4v) is 2.73. The molecule has 6 nitrogen and oxygen atoms in total. The molecule has 1 heterocycles. The number of anilines is 4. The Labute approximate surface area is 147 Å². The van der Waals surface area contributed by atoms with Crippen LogP contribution >= 0.6 is 0 Å². The van der Waals surface area contributed by atoms with E-state index in [0.717, 1.165) is 28.3 Å². The molecule has 0 aliphatic rings. The lowest BCUT2D eigenvalue weighted by molar-refractivity contribution is 0.415. The van der Waals surface area contributed by atoms with Crippen LogP contribution in [0.15, 0.2) is 42.6 Å². The zero-order valence-electron chi connectivity index (χ0n) is 14.8. The smallest absolute Gasteiger partial charge is 0.249 e. The van der Waals surface area contributed by atoms with E-state index in [2.05, 4.69) is 58.7 Å². The Balaban J connectivity index is 1.79. The Kier molecular flexibility index (Phi) is 4.79. The Morgan fingerprint density at radius 3 is 2.24 bits per heavy atom. The molecule has 25 heavy (non-hydrogen) atoms. The van der Waals surface area contributed by atoms with Gasteiger partial charge in [0.1, 0.15) is 5.75 Å². The van der Waals surface area contributed by atoms with Gasteiger partial charge in [-0.25, -0.2) is 0 Å². The first-order chi connectivity index (χ1) is 12.0. The molecule has 0 saturated heterocycles. The Bertz CT molecular complexity index is 854. The van der Waals surface area contributed by atoms with E-state index in [1.165, 1.54) is 5.56 Å². The molecule has 128 valence electrons. The van der Waals surface area contributed by atoms with E-state index in [1.807, 2.05) is 24.3 Å². The summed E-state index contributed by atoms with van der Waals surface area (Å²) in [5.41, 5.74) is 5.43. The van der Waals surface area contributed by atoms with Crippen molar-refractivity contribution in [2.75, 3.05) is 17.7 Å². The largest absolute Gasteiger partial charge is 0.497 e. The Morgan fingerprint density at radius 1 is 0.920 bits per heavy atom. The highest BCUT2D eigenvalue weighted by Gasteiger charge is 2.07. The van der Waals surface area contributed by atoms with Crippen LogP contribution in [0.4, 0.5) is 23.1 Å². The first kappa shape index (κ1) is 16.7. The van der Waals surface area contributed by atoms with Crippen LogP contribution in [0, 0.1) is 20.8 Å². The number of nitrogens with zero attached hydrogens (tertiary/aromatic N) is 3. The molecule has 0 amide bonds. The van der Waals surface area contributed by atoms with Gasteiger partial charge in [0.25, 0.3) is 0 Å². The van der Waals surface area contributed by atoms with Crippen molar-refractivity contribution in [3.63, 3.8) is 0 Å². The Hall–Kier alpha value is -3.15. The molecule has 1 aromatic heterocycles. The van der Waals surface area contributed by atoms with E-state index >= 15 is 0 Å². The van der Waals surface area contributed by atoms with Gasteiger partial charge in [0.2, 0.25) is 5.95 Å². The second kappa shape index (κ2) is 7.17. The molecule has 3 rings (SSSR count). The van der Waals surface area contributed by atoms with Gasteiger partial charge in [0.15, 0.2) is 5.82 Å². The summed E-state index contributed by atoms with van der Waals surface area (Å²) in [5.74, 6) is 1.87. The van der Waals surface area contributed by atoms with Crippen molar-refractivity contribution in [1.82, 2.24) is 15.2 Å². The monoisotopic (exact) mass is 335 g/mol. The van der Waals surface area contributed by atoms with Gasteiger partial charge in [-0.2, -0.15) is 10.1 Å². The number of benzene rings is 2. The van der Waals surface area contributed by atoms with Gasteiger partial charge in [0.05, 0.1) is 13.3 Å². The second-order valence-electron chi connectivity index (χ2n) is 5.92. The van der Waals surface area contributed by atoms with Gasteiger partial charge in [0, 0.05) is 11.4 Å². The molecule has 0 aliphatic heterocycles. The van der Waals surface area contributed by atoms with Crippen molar-refractivity contribution in [3.05, 3.63) is 59.3 Å². The van der Waals surface area contributed by atoms with E-state index in [4.69, 9.17) is 4.74 Å². The number of aryl methyl sites for hydroxylation is 3. The first-order valence-corrected chi connectivity index (χ1v) is 8.01. The molecule has 0 bridgehead atoms. The molecule has 0 fully saturated rings. The predicted molar refractivity (Wildman–Crippen MR) is 100 cm³/mol. The van der Waals surface area contributed by atoms with Crippen LogP contribution in [-0.2, 0) is 0 Å². The minimum Gasteiger partial charge on any atom is -0.497 e. The number of aromatic nitrogens is 3. The zero-order valence-corrected chi connectivity index (χ0v) is 14.8. The lowest BCUT2D eigenvalue weighted by Crippen LogP contribution is -2.04. The summed E-state index contributed by atoms with van der Waals surface area (Å²) >= 11 is 0. The van der Waals surface area contributed by atoms with Crippen LogP contribution in [0.3, 0.4) is 0 Å². The van der Waals surface area contributed by atoms with Crippen molar-refractivity contribution in [2.45, 2.75) is 20.8 Å². The molecule has 3 aromatic rings. The highest BCUT2D eigenvalue weighted by molar-refractivity contribution is 5.65. The fourth-order valence-electron chi connectivity index (χ4n) is 2.73. The summed E-state index contributed by atoms with van der Waals surface area (Å²) in [5, 5.41) is 14.6. The second-order valence-corrected chi connectivity index (χ2v) is 5.92. The van der Waals surface area contributed by atoms with E-state index < -0.39 is 0 Å². The van der Waals surface area contributed by atoms with E-state index in [-0.39, 0.29) is 0 Å². The quantitative estimate of drug-likeness (QED) is 0.724. The van der Waals surface area contributed by atoms with Crippen molar-refractivity contribution in [1.29, 1.82) is 0 Å². The van der Waals surface area contributed by atoms with Gasteiger partial charge >= 0.3 is 0 Å². The van der Waals surface area contributed by atoms with Crippen LogP contribution in [0.5, 0.6) is 5.75 Å². The topological polar surface area (TPSA) is 72.0 Å². The summed E-state index contributed by atoms with van der Waals surface area (Å²) in [6, 6.07) is 11.9. The predicted octanol–water partition coefficient (Wildman–Crippen LogP) is 4.29. The molecule has 0 saturated carbocycles. The fraction of sp³-hybridized carbons (Fsp3) is 0.211. The van der Waals surface area contributed by atoms with E-state index in [9.17, 15) is 0 Å². The lowest BCUT2D eigenvalue weighted by Gasteiger charge is -2.13. The molecule has 2 aromatic carbocycles. The highest BCUT2D eigenvalue weighted by atomic mass is 16.5. The molecule has 0 radical (unpaired) electrons. The molecule has 6 heteroatoms. The van der Waals surface area contributed by atoms with Crippen LogP contribution in [0.25, 0.3) is 0 Å². The van der Waals surface area contributed by atoms with Crippen molar-refractivity contribution in [3.8, 4) is 5.75 Å². The maximum Gasteiger partial charge on any atom is 0.249 e. The van der Waals surface area contributed by atoms with Crippen LogP contribution in [-0.4, -0.2) is 22.3 Å². The molecule has 2 N–H and O–H groups in total. The number of methoxy groups -OCH3 is 1. The zero-order chi connectivity index (χ0) is 17.8. The average molecular weight is 335 g/mol. The van der Waals surface area contributed by atoms with Crippen molar-refractivity contribution in [2.24, 2.45) is 0 Å². The molecule has 0 aliphatic carbocycles. The SMILES string of the molecule is COc1ccc(Nc2cnnc(Nc3c(C)cc(C)cc3C)n2)cc1. The lowest BCUT2D eigenvalue weighted by atomic mass is 10.1. The number of rotatable bonds is 5. The first-order valence-electron chi connectivity index (χ1n) is 8.01. The van der Waals surface area contributed by atoms with Crippen molar-refractivity contribution < 1.29 is 4.74 Å². The standard InChI is InChI=1S/C19H21N5O/c1-12-9-13(2)18(14(3)10-12)23-19-22-17(11-20-24-19)21-15-5-7-16(25-4)8-6-15/h5-11H,1-4H3,(H2,21,22,23,24). The summed E-state index contributed by atoms with van der Waals surface area (Å²) in [6.07, 6.45) is 1.59. The summed E-state index contributed by atoms with van der Waals surface area (Å²) in [6.45, 7) is 6.21. The highest BCUT2D eigenvalue weighted by Crippen LogP contribution is 2.25. The summed E-state index contributed by atoms with van der Waals surface area (Å²) in [4.78, 5) is 4.48. The maximum atomic E-state index is 5.16. The minimum atomic E-state index is 0.452. The van der Waals surface area contributed by atoms with Crippen LogP contribution < -0.4 is 15.4 Å². The number of ether oxygens (including phenoxy) is 1. The third-order valence-electron chi connectivity index (χ3n) is 3.84. The maximum absolute atomic E-state index is 5.16. The minimum absolute atomic E-state index is 0.452. The number of hydrogen-bond donors (Lipinski definition) is 2. The van der Waals surface area contributed by atoms with Gasteiger partial charge < -0.3 is 15.4 Å². The normalized spacial score (nSPS) is 10.4. The number of hydrogen-bond acceptors (Lipinski definition) is 6. The van der Waals surface area contributed by atoms with Crippen molar-refractivity contribution >= 4 is 23.1 Å². The van der Waals surface area contributed by atoms with Gasteiger partial charge in [-0.3, -0.25) is 0 Å². The molecule has 0 atom stereocenters. The van der Waals surface area contributed by atoms with Gasteiger partial charge in [-0.15, -0.1) is 5.10 Å². The third kappa shape index (κ3) is 4.03. The average Bonchev–Trinajstić information content (AvgIpc) is 2.59. The Morgan fingerprint density at radius 2 is 1.60 bits per heavy atom. The van der Waals surface area contributed by atoms with Gasteiger partial charge in [-0.1, -0.05) is 17.7 Å². The molecule has 0 unspecified atom stereocenters. The van der Waals surface area contributed by atoms with Gasteiger partial charge in [-0.05, 0) is 56.2 Å².